The topological polar surface area (TPSA) is 0 Å². The first-order chi connectivity index (χ1) is 15.3. The van der Waals surface area contributed by atoms with E-state index in [9.17, 15) is 4.39 Å². The number of hydrogen-bond acceptors (Lipinski definition) is 0. The predicted molar refractivity (Wildman–Crippen MR) is 149 cm³/mol. The van der Waals surface area contributed by atoms with Crippen LogP contribution in [0.2, 0.25) is 0 Å². The highest BCUT2D eigenvalue weighted by Crippen LogP contribution is 2.27. The standard InChI is InChI=1S/C32H51F/c1-22(2)13-14-24(5)25(6)15-16-26(7)27(8)17-18-28(9)29(10)19-20-30(11)31(12)21-32(33)23(3)4/h17-19,21-22,24-26,30H,3,8-9,12-16,20H2,1-2,4-7,10-11H3/b18-17-,29-19+,32-21+. The van der Waals surface area contributed by atoms with Crippen molar-refractivity contribution in [2.24, 2.45) is 29.6 Å². The van der Waals surface area contributed by atoms with Crippen LogP contribution in [0.4, 0.5) is 4.39 Å². The summed E-state index contributed by atoms with van der Waals surface area (Å²) in [4.78, 5) is 0. The Morgan fingerprint density at radius 3 is 1.79 bits per heavy atom. The Morgan fingerprint density at radius 2 is 1.27 bits per heavy atom. The van der Waals surface area contributed by atoms with E-state index in [-0.39, 0.29) is 11.7 Å². The highest BCUT2D eigenvalue weighted by Gasteiger charge is 2.15. The maximum Gasteiger partial charge on any atom is 0.125 e. The van der Waals surface area contributed by atoms with Gasteiger partial charge in [0.25, 0.3) is 0 Å². The lowest BCUT2D eigenvalue weighted by atomic mass is 9.83. The van der Waals surface area contributed by atoms with Crippen LogP contribution in [0.3, 0.4) is 0 Å². The maximum atomic E-state index is 13.8. The van der Waals surface area contributed by atoms with Gasteiger partial charge in [0.15, 0.2) is 0 Å². The molecule has 0 aromatic heterocycles. The van der Waals surface area contributed by atoms with Crippen molar-refractivity contribution in [1.29, 1.82) is 0 Å². The van der Waals surface area contributed by atoms with Gasteiger partial charge in [-0.15, -0.1) is 0 Å². The Bertz CT molecular complexity index is 755. The minimum atomic E-state index is -0.299. The molecule has 0 bridgehead atoms. The smallest absolute Gasteiger partial charge is 0.125 e. The predicted octanol–water partition coefficient (Wildman–Crippen LogP) is 10.7. The average molecular weight is 455 g/mol. The van der Waals surface area contributed by atoms with Crippen LogP contribution in [0.15, 0.2) is 84.3 Å². The van der Waals surface area contributed by atoms with Crippen LogP contribution in [-0.4, -0.2) is 0 Å². The van der Waals surface area contributed by atoms with Gasteiger partial charge < -0.3 is 0 Å². The summed E-state index contributed by atoms with van der Waals surface area (Å²) in [6, 6.07) is 0. The lowest BCUT2D eigenvalue weighted by molar-refractivity contribution is 0.306. The second kappa shape index (κ2) is 15.9. The van der Waals surface area contributed by atoms with Crippen molar-refractivity contribution in [1.82, 2.24) is 0 Å². The molecule has 0 saturated heterocycles. The van der Waals surface area contributed by atoms with Gasteiger partial charge in [-0.1, -0.05) is 105 Å². The third-order valence-electron chi connectivity index (χ3n) is 6.99. The first-order valence-corrected chi connectivity index (χ1v) is 12.7. The van der Waals surface area contributed by atoms with Crippen LogP contribution in [0.25, 0.3) is 0 Å². The van der Waals surface area contributed by atoms with Crippen molar-refractivity contribution in [3.05, 3.63) is 84.3 Å². The molecule has 0 aliphatic heterocycles. The molecule has 0 saturated carbocycles. The SMILES string of the molecule is C=C(/C=C\C(=C)C(C)CCC(C)C(C)CCC(C)C)/C(C)=C/CC(C)C(=C)/C=C(/F)C(=C)C. The molecule has 0 N–H and O–H groups in total. The van der Waals surface area contributed by atoms with E-state index < -0.39 is 0 Å². The molecule has 0 spiro atoms. The molecule has 0 fully saturated rings. The van der Waals surface area contributed by atoms with E-state index in [0.29, 0.717) is 11.5 Å². The zero-order valence-corrected chi connectivity index (χ0v) is 22.9. The molecule has 0 heterocycles. The van der Waals surface area contributed by atoms with E-state index in [4.69, 9.17) is 0 Å². The maximum absolute atomic E-state index is 13.8. The van der Waals surface area contributed by atoms with Gasteiger partial charge >= 0.3 is 0 Å². The van der Waals surface area contributed by atoms with Gasteiger partial charge in [0, 0.05) is 0 Å². The molecular formula is C32H51F. The summed E-state index contributed by atoms with van der Waals surface area (Å²) in [6.45, 7) is 33.6. The molecule has 4 unspecified atom stereocenters. The number of halogens is 1. The summed E-state index contributed by atoms with van der Waals surface area (Å²) < 4.78 is 13.8. The van der Waals surface area contributed by atoms with Crippen LogP contribution >= 0.6 is 0 Å². The minimum Gasteiger partial charge on any atom is -0.207 e. The Morgan fingerprint density at radius 1 is 0.727 bits per heavy atom. The van der Waals surface area contributed by atoms with E-state index in [0.717, 1.165) is 46.5 Å². The zero-order valence-electron chi connectivity index (χ0n) is 22.9. The fraction of sp³-hybridized carbons (Fsp3) is 0.562. The molecule has 0 aromatic rings. The summed E-state index contributed by atoms with van der Waals surface area (Å²) in [7, 11) is 0. The van der Waals surface area contributed by atoms with Crippen LogP contribution in [-0.2, 0) is 0 Å². The van der Waals surface area contributed by atoms with Gasteiger partial charge in [-0.2, -0.15) is 0 Å². The molecule has 0 aromatic carbocycles. The fourth-order valence-electron chi connectivity index (χ4n) is 3.43. The van der Waals surface area contributed by atoms with E-state index in [1.807, 2.05) is 0 Å². The highest BCUT2D eigenvalue weighted by molar-refractivity contribution is 5.39. The van der Waals surface area contributed by atoms with E-state index in [1.165, 1.54) is 31.8 Å². The second-order valence-electron chi connectivity index (χ2n) is 10.7. The molecule has 0 radical (unpaired) electrons. The largest absolute Gasteiger partial charge is 0.207 e. The monoisotopic (exact) mass is 454 g/mol. The highest BCUT2D eigenvalue weighted by atomic mass is 19.1. The minimum absolute atomic E-state index is 0.154. The van der Waals surface area contributed by atoms with Crippen molar-refractivity contribution < 1.29 is 4.39 Å². The molecule has 0 rings (SSSR count). The van der Waals surface area contributed by atoms with Gasteiger partial charge in [-0.05, 0) is 91.1 Å². The summed E-state index contributed by atoms with van der Waals surface area (Å²) >= 11 is 0. The summed E-state index contributed by atoms with van der Waals surface area (Å²) in [5.41, 5.74) is 4.48. The van der Waals surface area contributed by atoms with Crippen molar-refractivity contribution in [3.8, 4) is 0 Å². The summed E-state index contributed by atoms with van der Waals surface area (Å²) in [5.74, 6) is 2.64. The molecule has 0 nitrogen and oxygen atoms in total. The summed E-state index contributed by atoms with van der Waals surface area (Å²) in [5, 5.41) is 0. The van der Waals surface area contributed by atoms with E-state index >= 15 is 0 Å². The molecule has 33 heavy (non-hydrogen) atoms. The molecular weight excluding hydrogens is 403 g/mol. The zero-order chi connectivity index (χ0) is 25.7. The Labute approximate surface area is 205 Å². The third-order valence-corrected chi connectivity index (χ3v) is 6.99. The first kappa shape index (κ1) is 31.1. The molecule has 0 aliphatic carbocycles. The summed E-state index contributed by atoms with van der Waals surface area (Å²) in [6.07, 6.45) is 13.7. The molecule has 0 aliphatic rings. The van der Waals surface area contributed by atoms with Crippen LogP contribution in [0.5, 0.6) is 0 Å². The number of hydrogen-bond donors (Lipinski definition) is 0. The van der Waals surface area contributed by atoms with Gasteiger partial charge in [0.1, 0.15) is 5.83 Å². The quantitative estimate of drug-likeness (QED) is 0.203. The molecule has 186 valence electrons. The van der Waals surface area contributed by atoms with E-state index in [1.54, 1.807) is 6.92 Å². The number of rotatable bonds is 16. The van der Waals surface area contributed by atoms with E-state index in [2.05, 4.69) is 93.0 Å². The van der Waals surface area contributed by atoms with Crippen LogP contribution in [0, 0.1) is 29.6 Å². The average Bonchev–Trinajstić information content (AvgIpc) is 2.76. The lowest BCUT2D eigenvalue weighted by Crippen LogP contribution is -2.11. The normalized spacial score (nSPS) is 16.5. The van der Waals surface area contributed by atoms with Crippen molar-refractivity contribution >= 4 is 0 Å². The molecule has 4 atom stereocenters. The van der Waals surface area contributed by atoms with Crippen LogP contribution in [0.1, 0.15) is 87.5 Å². The fourth-order valence-corrected chi connectivity index (χ4v) is 3.43. The molecule has 1 heteroatoms. The second-order valence-corrected chi connectivity index (χ2v) is 10.7. The Kier molecular flexibility index (Phi) is 15.0. The third kappa shape index (κ3) is 13.4. The Balaban J connectivity index is 4.67. The Hall–Kier alpha value is -1.89. The number of allylic oxidation sites excluding steroid dienone is 10. The van der Waals surface area contributed by atoms with Gasteiger partial charge in [-0.25, -0.2) is 4.39 Å². The van der Waals surface area contributed by atoms with Gasteiger partial charge in [-0.3, -0.25) is 0 Å². The first-order valence-electron chi connectivity index (χ1n) is 12.7. The van der Waals surface area contributed by atoms with Gasteiger partial charge in [0.2, 0.25) is 0 Å². The van der Waals surface area contributed by atoms with Crippen LogP contribution < -0.4 is 0 Å². The van der Waals surface area contributed by atoms with Gasteiger partial charge in [0.05, 0.1) is 0 Å². The molecule has 0 amide bonds. The van der Waals surface area contributed by atoms with Crippen molar-refractivity contribution in [2.45, 2.75) is 87.5 Å². The van der Waals surface area contributed by atoms with Crippen molar-refractivity contribution in [3.63, 3.8) is 0 Å². The van der Waals surface area contributed by atoms with Crippen molar-refractivity contribution in [2.75, 3.05) is 0 Å². The lowest BCUT2D eigenvalue weighted by Gasteiger charge is -2.22.